The van der Waals surface area contributed by atoms with Gasteiger partial charge >= 0.3 is 0 Å². The van der Waals surface area contributed by atoms with E-state index in [0.717, 1.165) is 49.3 Å². The molecule has 26 heavy (non-hydrogen) atoms. The van der Waals surface area contributed by atoms with Crippen LogP contribution in [0, 0.1) is 5.92 Å². The molecule has 138 valence electrons. The van der Waals surface area contributed by atoms with Gasteiger partial charge in [-0.1, -0.05) is 24.3 Å². The third kappa shape index (κ3) is 6.06. The van der Waals surface area contributed by atoms with E-state index in [0.29, 0.717) is 6.54 Å². The van der Waals surface area contributed by atoms with Gasteiger partial charge in [0.05, 0.1) is 13.2 Å². The number of benzene rings is 1. The summed E-state index contributed by atoms with van der Waals surface area (Å²) in [6.07, 6.45) is 7.21. The fourth-order valence-electron chi connectivity index (χ4n) is 2.64. The van der Waals surface area contributed by atoms with Crippen molar-refractivity contribution in [2.45, 2.75) is 32.7 Å². The molecule has 0 amide bonds. The van der Waals surface area contributed by atoms with Crippen molar-refractivity contribution in [1.29, 1.82) is 0 Å². The fourth-order valence-corrected chi connectivity index (χ4v) is 2.64. The van der Waals surface area contributed by atoms with Crippen LogP contribution in [0.2, 0.25) is 0 Å². The van der Waals surface area contributed by atoms with Crippen molar-refractivity contribution < 1.29 is 4.74 Å². The molecule has 0 atom stereocenters. The predicted molar refractivity (Wildman–Crippen MR) is 105 cm³/mol. The molecule has 1 aromatic heterocycles. The van der Waals surface area contributed by atoms with Crippen molar-refractivity contribution >= 4 is 5.96 Å². The van der Waals surface area contributed by atoms with Crippen LogP contribution in [0.15, 0.2) is 53.8 Å². The van der Waals surface area contributed by atoms with E-state index in [1.54, 1.807) is 6.20 Å². The molecular weight excluding hydrogens is 324 g/mol. The average molecular weight is 352 g/mol. The SMILES string of the molecule is CCNC(=NCc1ccccc1OCC1CC1)NCCc1cccnc1. The molecule has 0 radical (unpaired) electrons. The van der Waals surface area contributed by atoms with Crippen molar-refractivity contribution in [2.24, 2.45) is 10.9 Å². The molecule has 0 spiro atoms. The van der Waals surface area contributed by atoms with Gasteiger partial charge in [-0.25, -0.2) is 4.99 Å². The van der Waals surface area contributed by atoms with Crippen molar-refractivity contribution in [3.8, 4) is 5.75 Å². The minimum Gasteiger partial charge on any atom is -0.493 e. The van der Waals surface area contributed by atoms with Crippen molar-refractivity contribution in [2.75, 3.05) is 19.7 Å². The first-order valence-corrected chi connectivity index (χ1v) is 9.47. The van der Waals surface area contributed by atoms with Gasteiger partial charge in [-0.3, -0.25) is 4.98 Å². The minimum atomic E-state index is 0.600. The summed E-state index contributed by atoms with van der Waals surface area (Å²) in [5.41, 5.74) is 2.34. The lowest BCUT2D eigenvalue weighted by Crippen LogP contribution is -2.38. The molecule has 1 fully saturated rings. The molecule has 1 aliphatic carbocycles. The highest BCUT2D eigenvalue weighted by atomic mass is 16.5. The number of para-hydroxylation sites is 1. The maximum Gasteiger partial charge on any atom is 0.191 e. The van der Waals surface area contributed by atoms with E-state index in [2.05, 4.69) is 34.7 Å². The summed E-state index contributed by atoms with van der Waals surface area (Å²) in [6.45, 7) is 5.15. The van der Waals surface area contributed by atoms with Crippen LogP contribution in [0.3, 0.4) is 0 Å². The fraction of sp³-hybridized carbons (Fsp3) is 0.429. The highest BCUT2D eigenvalue weighted by Crippen LogP contribution is 2.30. The molecule has 0 aliphatic heterocycles. The molecule has 5 heteroatoms. The van der Waals surface area contributed by atoms with Gasteiger partial charge in [0.1, 0.15) is 5.75 Å². The zero-order valence-corrected chi connectivity index (χ0v) is 15.4. The molecule has 5 nitrogen and oxygen atoms in total. The number of guanidine groups is 1. The third-order valence-corrected chi connectivity index (χ3v) is 4.32. The standard InChI is InChI=1S/C21H28N4O/c1-2-23-21(24-13-11-17-6-5-12-22-14-17)25-15-19-7-3-4-8-20(19)26-16-18-9-10-18/h3-8,12,14,18H,2,9-11,13,15-16H2,1H3,(H2,23,24,25). The van der Waals surface area contributed by atoms with Crippen molar-refractivity contribution in [3.63, 3.8) is 0 Å². The molecule has 1 aliphatic rings. The van der Waals surface area contributed by atoms with Crippen LogP contribution >= 0.6 is 0 Å². The van der Waals surface area contributed by atoms with Crippen LogP contribution in [0.4, 0.5) is 0 Å². The number of nitrogens with zero attached hydrogens (tertiary/aromatic N) is 2. The number of aromatic nitrogens is 1. The Morgan fingerprint density at radius 2 is 2.08 bits per heavy atom. The number of ether oxygens (including phenoxy) is 1. The molecule has 0 saturated heterocycles. The van der Waals surface area contributed by atoms with E-state index < -0.39 is 0 Å². The van der Waals surface area contributed by atoms with Gasteiger partial charge < -0.3 is 15.4 Å². The second-order valence-electron chi connectivity index (χ2n) is 6.60. The van der Waals surface area contributed by atoms with Crippen LogP contribution in [0.25, 0.3) is 0 Å². The molecule has 1 aromatic carbocycles. The predicted octanol–water partition coefficient (Wildman–Crippen LogP) is 3.17. The first-order chi connectivity index (χ1) is 12.8. The number of pyridine rings is 1. The number of hydrogen-bond donors (Lipinski definition) is 2. The zero-order chi connectivity index (χ0) is 18.0. The van der Waals surface area contributed by atoms with Crippen LogP contribution in [0.1, 0.15) is 30.9 Å². The summed E-state index contributed by atoms with van der Waals surface area (Å²) in [4.78, 5) is 8.87. The van der Waals surface area contributed by atoms with E-state index in [4.69, 9.17) is 9.73 Å². The Bertz CT molecular complexity index is 698. The van der Waals surface area contributed by atoms with E-state index in [1.807, 2.05) is 30.5 Å². The van der Waals surface area contributed by atoms with Crippen molar-refractivity contribution in [1.82, 2.24) is 15.6 Å². The molecule has 2 N–H and O–H groups in total. The Hall–Kier alpha value is -2.56. The van der Waals surface area contributed by atoms with E-state index in [-0.39, 0.29) is 0 Å². The molecule has 1 saturated carbocycles. The van der Waals surface area contributed by atoms with Gasteiger partial charge in [-0.05, 0) is 49.8 Å². The normalized spacial score (nSPS) is 14.1. The Morgan fingerprint density at radius 1 is 1.19 bits per heavy atom. The Labute approximate surface area is 155 Å². The molecule has 1 heterocycles. The summed E-state index contributed by atoms with van der Waals surface area (Å²) in [5.74, 6) is 2.53. The van der Waals surface area contributed by atoms with Gasteiger partial charge in [0.15, 0.2) is 5.96 Å². The van der Waals surface area contributed by atoms with Crippen LogP contribution < -0.4 is 15.4 Å². The topological polar surface area (TPSA) is 58.5 Å². The van der Waals surface area contributed by atoms with Crippen LogP contribution in [-0.4, -0.2) is 30.6 Å². The first kappa shape index (κ1) is 18.2. The van der Waals surface area contributed by atoms with Gasteiger partial charge in [-0.2, -0.15) is 0 Å². The molecular formula is C21H28N4O. The van der Waals surface area contributed by atoms with Crippen LogP contribution in [0.5, 0.6) is 5.75 Å². The van der Waals surface area contributed by atoms with Gasteiger partial charge in [-0.15, -0.1) is 0 Å². The van der Waals surface area contributed by atoms with E-state index >= 15 is 0 Å². The smallest absolute Gasteiger partial charge is 0.191 e. The summed E-state index contributed by atoms with van der Waals surface area (Å²) in [7, 11) is 0. The Balaban J connectivity index is 1.54. The lowest BCUT2D eigenvalue weighted by molar-refractivity contribution is 0.297. The average Bonchev–Trinajstić information content (AvgIpc) is 3.50. The molecule has 0 unspecified atom stereocenters. The third-order valence-electron chi connectivity index (χ3n) is 4.32. The summed E-state index contributed by atoms with van der Waals surface area (Å²) < 4.78 is 5.98. The van der Waals surface area contributed by atoms with E-state index in [1.165, 1.54) is 18.4 Å². The molecule has 2 aromatic rings. The van der Waals surface area contributed by atoms with Crippen molar-refractivity contribution in [3.05, 3.63) is 59.9 Å². The number of nitrogens with one attached hydrogen (secondary N) is 2. The lowest BCUT2D eigenvalue weighted by Gasteiger charge is -2.13. The number of hydrogen-bond acceptors (Lipinski definition) is 3. The maximum atomic E-state index is 5.98. The summed E-state index contributed by atoms with van der Waals surface area (Å²) in [5, 5.41) is 6.69. The monoisotopic (exact) mass is 352 g/mol. The largest absolute Gasteiger partial charge is 0.493 e. The van der Waals surface area contributed by atoms with Gasteiger partial charge in [0.2, 0.25) is 0 Å². The first-order valence-electron chi connectivity index (χ1n) is 9.47. The number of rotatable bonds is 9. The zero-order valence-electron chi connectivity index (χ0n) is 15.4. The molecule has 0 bridgehead atoms. The number of aliphatic imine (C=N–C) groups is 1. The second-order valence-corrected chi connectivity index (χ2v) is 6.60. The Morgan fingerprint density at radius 3 is 2.85 bits per heavy atom. The quantitative estimate of drug-likeness (QED) is 0.538. The summed E-state index contributed by atoms with van der Waals surface area (Å²) in [6, 6.07) is 12.2. The minimum absolute atomic E-state index is 0.600. The lowest BCUT2D eigenvalue weighted by atomic mass is 10.2. The van der Waals surface area contributed by atoms with Gasteiger partial charge in [0.25, 0.3) is 0 Å². The highest BCUT2D eigenvalue weighted by molar-refractivity contribution is 5.79. The second kappa shape index (κ2) is 9.80. The highest BCUT2D eigenvalue weighted by Gasteiger charge is 2.22. The van der Waals surface area contributed by atoms with Gasteiger partial charge in [0, 0.05) is 31.0 Å². The Kier molecular flexibility index (Phi) is 6.88. The van der Waals surface area contributed by atoms with Crippen LogP contribution in [-0.2, 0) is 13.0 Å². The molecule has 3 rings (SSSR count). The summed E-state index contributed by atoms with van der Waals surface area (Å²) >= 11 is 0. The van der Waals surface area contributed by atoms with E-state index in [9.17, 15) is 0 Å². The maximum absolute atomic E-state index is 5.98.